The van der Waals surface area contributed by atoms with E-state index in [9.17, 15) is 9.59 Å². The van der Waals surface area contributed by atoms with Crippen LogP contribution in [0.2, 0.25) is 0 Å². The first-order chi connectivity index (χ1) is 18.3. The molecule has 0 aliphatic carbocycles. The lowest BCUT2D eigenvalue weighted by Crippen LogP contribution is -2.15. The number of benzene rings is 3. The van der Waals surface area contributed by atoms with Crippen LogP contribution < -0.4 is 19.8 Å². The van der Waals surface area contributed by atoms with Crippen LogP contribution in [-0.4, -0.2) is 52.1 Å². The molecule has 0 saturated heterocycles. The van der Waals surface area contributed by atoms with Gasteiger partial charge in [0.1, 0.15) is 5.75 Å². The van der Waals surface area contributed by atoms with Crippen LogP contribution >= 0.6 is 0 Å². The summed E-state index contributed by atoms with van der Waals surface area (Å²) in [7, 11) is 7.12. The molecule has 0 atom stereocenters. The molecular weight excluding hydrogens is 482 g/mol. The average Bonchev–Trinajstić information content (AvgIpc) is 2.90. The van der Waals surface area contributed by atoms with Gasteiger partial charge in [0.25, 0.3) is 0 Å². The molecule has 0 aliphatic rings. The normalized spacial score (nSPS) is 11.1. The number of hydrogen-bond donors (Lipinski definition) is 0. The van der Waals surface area contributed by atoms with Gasteiger partial charge in [-0.25, -0.2) is 4.79 Å². The molecule has 4 aromatic rings. The van der Waals surface area contributed by atoms with E-state index in [1.54, 1.807) is 37.4 Å². The molecule has 3 aromatic carbocycles. The Morgan fingerprint density at radius 1 is 0.947 bits per heavy atom. The summed E-state index contributed by atoms with van der Waals surface area (Å²) in [6.45, 7) is 3.41. The summed E-state index contributed by atoms with van der Waals surface area (Å²) in [6, 6.07) is 18.6. The summed E-state index contributed by atoms with van der Waals surface area (Å²) in [5.41, 5.74) is 3.35. The third kappa shape index (κ3) is 6.06. The van der Waals surface area contributed by atoms with Crippen LogP contribution in [-0.2, 0) is 6.42 Å². The molecule has 0 saturated carbocycles. The number of Topliss-reactive ketones (excluding diaryl/α,β-unsaturated/α-hetero) is 1. The number of carbonyl (C=O) groups excluding carboxylic acids is 1. The van der Waals surface area contributed by atoms with E-state index in [0.29, 0.717) is 40.4 Å². The average molecular weight is 516 g/mol. The number of rotatable bonds is 11. The van der Waals surface area contributed by atoms with Gasteiger partial charge >= 0.3 is 5.63 Å². The van der Waals surface area contributed by atoms with Gasteiger partial charge in [0, 0.05) is 35.0 Å². The van der Waals surface area contributed by atoms with Crippen molar-refractivity contribution in [3.8, 4) is 28.4 Å². The number of hydrogen-bond acceptors (Lipinski definition) is 7. The summed E-state index contributed by atoms with van der Waals surface area (Å²) < 4.78 is 22.6. The van der Waals surface area contributed by atoms with E-state index in [0.717, 1.165) is 29.7 Å². The fourth-order valence-electron chi connectivity index (χ4n) is 4.37. The Kier molecular flexibility index (Phi) is 8.48. The molecule has 198 valence electrons. The van der Waals surface area contributed by atoms with Gasteiger partial charge in [-0.3, -0.25) is 4.79 Å². The van der Waals surface area contributed by atoms with Crippen molar-refractivity contribution in [2.75, 3.05) is 41.5 Å². The number of aryl methyl sites for hydroxylation is 1. The van der Waals surface area contributed by atoms with Gasteiger partial charge in [-0.15, -0.1) is 0 Å². The molecule has 0 amide bonds. The maximum atomic E-state index is 13.3. The molecule has 1 heterocycles. The van der Waals surface area contributed by atoms with Crippen molar-refractivity contribution < 1.29 is 23.4 Å². The van der Waals surface area contributed by atoms with Crippen LogP contribution in [0.3, 0.4) is 0 Å². The highest BCUT2D eigenvalue weighted by Crippen LogP contribution is 2.36. The van der Waals surface area contributed by atoms with E-state index in [1.807, 2.05) is 51.4 Å². The zero-order chi connectivity index (χ0) is 27.2. The number of fused-ring (bicyclic) bond motifs is 1. The van der Waals surface area contributed by atoms with Crippen LogP contribution in [0.15, 0.2) is 69.9 Å². The number of methoxy groups -OCH3 is 2. The van der Waals surface area contributed by atoms with Crippen LogP contribution in [0.1, 0.15) is 27.9 Å². The van der Waals surface area contributed by atoms with E-state index in [-0.39, 0.29) is 17.8 Å². The Bertz CT molecular complexity index is 1500. The minimum absolute atomic E-state index is 0.0943. The van der Waals surface area contributed by atoms with Gasteiger partial charge in [-0.2, -0.15) is 0 Å². The Morgan fingerprint density at radius 2 is 1.74 bits per heavy atom. The van der Waals surface area contributed by atoms with Crippen molar-refractivity contribution in [1.29, 1.82) is 0 Å². The molecule has 0 aliphatic heterocycles. The lowest BCUT2D eigenvalue weighted by Gasteiger charge is -2.14. The van der Waals surface area contributed by atoms with E-state index < -0.39 is 5.63 Å². The summed E-state index contributed by atoms with van der Waals surface area (Å²) in [5, 5.41) is 0.653. The lowest BCUT2D eigenvalue weighted by atomic mass is 9.97. The van der Waals surface area contributed by atoms with Gasteiger partial charge < -0.3 is 23.5 Å². The molecule has 4 rings (SSSR count). The summed E-state index contributed by atoms with van der Waals surface area (Å²) in [5.74, 6) is 1.35. The van der Waals surface area contributed by atoms with E-state index in [1.165, 1.54) is 7.11 Å². The molecule has 0 unspecified atom stereocenters. The topological polar surface area (TPSA) is 78.2 Å². The third-order valence-corrected chi connectivity index (χ3v) is 6.31. The first-order valence-electron chi connectivity index (χ1n) is 12.5. The monoisotopic (exact) mass is 515 g/mol. The van der Waals surface area contributed by atoms with E-state index in [2.05, 4.69) is 4.90 Å². The quantitative estimate of drug-likeness (QED) is 0.147. The lowest BCUT2D eigenvalue weighted by molar-refractivity contribution is 0.0992. The van der Waals surface area contributed by atoms with Crippen LogP contribution in [0.25, 0.3) is 22.1 Å². The molecule has 1 aromatic heterocycles. The molecule has 7 heteroatoms. The van der Waals surface area contributed by atoms with Crippen molar-refractivity contribution >= 4 is 16.8 Å². The van der Waals surface area contributed by atoms with Gasteiger partial charge in [0.05, 0.1) is 20.8 Å². The van der Waals surface area contributed by atoms with Crippen LogP contribution in [0.4, 0.5) is 0 Å². The zero-order valence-electron chi connectivity index (χ0n) is 22.5. The summed E-state index contributed by atoms with van der Waals surface area (Å²) in [4.78, 5) is 28.2. The predicted octanol–water partition coefficient (Wildman–Crippen LogP) is 5.54. The molecule has 0 N–H and O–H groups in total. The Balaban J connectivity index is 1.60. The summed E-state index contributed by atoms with van der Waals surface area (Å²) >= 11 is 0. The number of carbonyl (C=O) groups is 1. The fourth-order valence-corrected chi connectivity index (χ4v) is 4.37. The van der Waals surface area contributed by atoms with Crippen molar-refractivity contribution in [1.82, 2.24) is 4.90 Å². The Morgan fingerprint density at radius 3 is 2.45 bits per heavy atom. The highest BCUT2D eigenvalue weighted by molar-refractivity contribution is 5.99. The van der Waals surface area contributed by atoms with Crippen molar-refractivity contribution in [3.05, 3.63) is 87.8 Å². The van der Waals surface area contributed by atoms with Crippen molar-refractivity contribution in [2.24, 2.45) is 0 Å². The van der Waals surface area contributed by atoms with Crippen LogP contribution in [0.5, 0.6) is 17.2 Å². The highest BCUT2D eigenvalue weighted by Gasteiger charge is 2.18. The maximum absolute atomic E-state index is 13.3. The van der Waals surface area contributed by atoms with E-state index in [4.69, 9.17) is 18.6 Å². The number of nitrogens with zero attached hydrogens (tertiary/aromatic N) is 1. The molecule has 0 bridgehead atoms. The van der Waals surface area contributed by atoms with Gasteiger partial charge in [0.2, 0.25) is 5.75 Å². The first kappa shape index (κ1) is 26.9. The Labute approximate surface area is 222 Å². The first-order valence-corrected chi connectivity index (χ1v) is 12.5. The second kappa shape index (κ2) is 12.0. The second-order valence-electron chi connectivity index (χ2n) is 9.46. The molecule has 0 radical (unpaired) electrons. The predicted molar refractivity (Wildman–Crippen MR) is 149 cm³/mol. The van der Waals surface area contributed by atoms with Gasteiger partial charge in [0.15, 0.2) is 17.1 Å². The van der Waals surface area contributed by atoms with Crippen LogP contribution in [0, 0.1) is 6.92 Å². The number of ketones is 1. The SMILES string of the molecule is COc1ccc(C(=O)Cc2cc3ccc(OCCCN(C)C)c(OC)c3oc2=O)cc1-c1cccc(C)c1. The summed E-state index contributed by atoms with van der Waals surface area (Å²) in [6.07, 6.45) is 0.749. The van der Waals surface area contributed by atoms with Gasteiger partial charge in [-0.05, 0) is 69.4 Å². The second-order valence-corrected chi connectivity index (χ2v) is 9.46. The Hall–Kier alpha value is -4.10. The molecule has 0 fully saturated rings. The maximum Gasteiger partial charge on any atom is 0.340 e. The fraction of sp³-hybridized carbons (Fsp3) is 0.290. The number of ether oxygens (including phenoxy) is 3. The molecular formula is C31H33NO6. The third-order valence-electron chi connectivity index (χ3n) is 6.31. The highest BCUT2D eigenvalue weighted by atomic mass is 16.5. The molecule has 7 nitrogen and oxygen atoms in total. The van der Waals surface area contributed by atoms with Crippen molar-refractivity contribution in [2.45, 2.75) is 19.8 Å². The zero-order valence-corrected chi connectivity index (χ0v) is 22.5. The minimum atomic E-state index is -0.582. The smallest absolute Gasteiger partial charge is 0.340 e. The molecule has 0 spiro atoms. The minimum Gasteiger partial charge on any atom is -0.496 e. The van der Waals surface area contributed by atoms with Gasteiger partial charge in [-0.1, -0.05) is 29.8 Å². The van der Waals surface area contributed by atoms with Crippen molar-refractivity contribution in [3.63, 3.8) is 0 Å². The molecule has 38 heavy (non-hydrogen) atoms. The standard InChI is InChI=1S/C31H33NO6/c1-20-8-6-9-21(16-20)25-18-22(10-12-27(25)35-4)26(33)19-24-17-23-11-13-28(37-15-7-14-32(2)3)30(36-5)29(23)38-31(24)34/h6,8-13,16-18H,7,14-15,19H2,1-5H3. The van der Waals surface area contributed by atoms with E-state index >= 15 is 0 Å². The largest absolute Gasteiger partial charge is 0.496 e.